The third-order valence-electron chi connectivity index (χ3n) is 3.39. The van der Waals surface area contributed by atoms with Gasteiger partial charge in [-0.3, -0.25) is 4.79 Å². The van der Waals surface area contributed by atoms with Gasteiger partial charge in [-0.25, -0.2) is 0 Å². The highest BCUT2D eigenvalue weighted by molar-refractivity contribution is 5.89. The van der Waals surface area contributed by atoms with Crippen LogP contribution in [-0.2, 0) is 10.2 Å². The highest BCUT2D eigenvalue weighted by Gasteiger charge is 2.46. The predicted octanol–water partition coefficient (Wildman–Crippen LogP) is 2.94. The van der Waals surface area contributed by atoms with E-state index in [0.717, 1.165) is 12.8 Å². The fourth-order valence-electron chi connectivity index (χ4n) is 2.61. The minimum atomic E-state index is -0.152. The molecule has 0 N–H and O–H groups in total. The third-order valence-corrected chi connectivity index (χ3v) is 3.39. The van der Waals surface area contributed by atoms with Crippen LogP contribution < -0.4 is 0 Å². The van der Waals surface area contributed by atoms with Gasteiger partial charge in [0.05, 0.1) is 5.41 Å². The van der Waals surface area contributed by atoms with Crippen LogP contribution in [0.25, 0.3) is 0 Å². The lowest BCUT2D eigenvalue weighted by atomic mass is 9.57. The highest BCUT2D eigenvalue weighted by atomic mass is 16.1. The second kappa shape index (κ2) is 3.23. The van der Waals surface area contributed by atoms with Crippen molar-refractivity contribution >= 4 is 5.78 Å². The number of carbonyl (C=O) groups is 1. The van der Waals surface area contributed by atoms with Gasteiger partial charge in [0.2, 0.25) is 0 Å². The average Bonchev–Trinajstić information content (AvgIpc) is 2.13. The lowest BCUT2D eigenvalue weighted by Gasteiger charge is -2.45. The van der Waals surface area contributed by atoms with Crippen LogP contribution in [0.5, 0.6) is 0 Å². The van der Waals surface area contributed by atoms with E-state index in [0.29, 0.717) is 11.7 Å². The van der Waals surface area contributed by atoms with Crippen LogP contribution in [0.4, 0.5) is 0 Å². The molecule has 14 heavy (non-hydrogen) atoms. The minimum Gasteiger partial charge on any atom is -0.299 e. The maximum Gasteiger partial charge on any atom is 0.140 e. The van der Waals surface area contributed by atoms with Gasteiger partial charge in [0.15, 0.2) is 0 Å². The molecule has 0 saturated heterocycles. The Morgan fingerprint density at radius 2 is 1.86 bits per heavy atom. The summed E-state index contributed by atoms with van der Waals surface area (Å²) in [6.45, 7) is 3.93. The summed E-state index contributed by atoms with van der Waals surface area (Å²) in [4.78, 5) is 11.7. The first-order chi connectivity index (χ1) is 6.65. The zero-order valence-electron chi connectivity index (χ0n) is 8.79. The second-order valence-electron chi connectivity index (χ2n) is 4.52. The molecule has 0 bridgehead atoms. The SMILES string of the molecule is CC(=O)C1(c2ccccc2)CC(C)C1. The van der Waals surface area contributed by atoms with E-state index in [1.54, 1.807) is 6.92 Å². The molecule has 1 saturated carbocycles. The first-order valence-electron chi connectivity index (χ1n) is 5.22. The fourth-order valence-corrected chi connectivity index (χ4v) is 2.61. The van der Waals surface area contributed by atoms with Gasteiger partial charge in [-0.2, -0.15) is 0 Å². The van der Waals surface area contributed by atoms with Crippen molar-refractivity contribution in [3.63, 3.8) is 0 Å². The van der Waals surface area contributed by atoms with Gasteiger partial charge >= 0.3 is 0 Å². The Hall–Kier alpha value is -1.11. The summed E-state index contributed by atoms with van der Waals surface area (Å²) >= 11 is 0. The van der Waals surface area contributed by atoms with Crippen LogP contribution in [0, 0.1) is 5.92 Å². The summed E-state index contributed by atoms with van der Waals surface area (Å²) in [6, 6.07) is 10.2. The Bertz CT molecular complexity index is 334. The van der Waals surface area contributed by atoms with E-state index < -0.39 is 0 Å². The molecule has 1 nitrogen and oxygen atoms in total. The van der Waals surface area contributed by atoms with Crippen LogP contribution in [0.1, 0.15) is 32.3 Å². The van der Waals surface area contributed by atoms with Crippen LogP contribution in [0.2, 0.25) is 0 Å². The lowest BCUT2D eigenvalue weighted by Crippen LogP contribution is -2.45. The van der Waals surface area contributed by atoms with E-state index in [2.05, 4.69) is 19.1 Å². The number of carbonyl (C=O) groups excluding carboxylic acids is 1. The molecule has 74 valence electrons. The molecule has 0 spiro atoms. The Morgan fingerprint density at radius 1 is 1.29 bits per heavy atom. The number of Topliss-reactive ketones (excluding diaryl/α,β-unsaturated/α-hetero) is 1. The Morgan fingerprint density at radius 3 is 2.29 bits per heavy atom. The van der Waals surface area contributed by atoms with E-state index in [1.807, 2.05) is 18.2 Å². The van der Waals surface area contributed by atoms with Crippen molar-refractivity contribution in [3.8, 4) is 0 Å². The highest BCUT2D eigenvalue weighted by Crippen LogP contribution is 2.48. The molecule has 0 heterocycles. The number of hydrogen-bond donors (Lipinski definition) is 0. The molecule has 1 aromatic carbocycles. The fraction of sp³-hybridized carbons (Fsp3) is 0.462. The molecule has 0 atom stereocenters. The van der Waals surface area contributed by atoms with Crippen molar-refractivity contribution in [2.75, 3.05) is 0 Å². The monoisotopic (exact) mass is 188 g/mol. The van der Waals surface area contributed by atoms with Crippen LogP contribution in [0.15, 0.2) is 30.3 Å². The summed E-state index contributed by atoms with van der Waals surface area (Å²) < 4.78 is 0. The smallest absolute Gasteiger partial charge is 0.140 e. The largest absolute Gasteiger partial charge is 0.299 e. The molecule has 2 rings (SSSR count). The Kier molecular flexibility index (Phi) is 2.18. The lowest BCUT2D eigenvalue weighted by molar-refractivity contribution is -0.127. The molecular weight excluding hydrogens is 172 g/mol. The number of ketones is 1. The van der Waals surface area contributed by atoms with E-state index in [9.17, 15) is 4.79 Å². The molecule has 0 unspecified atom stereocenters. The summed E-state index contributed by atoms with van der Waals surface area (Å²) in [5, 5.41) is 0. The van der Waals surface area contributed by atoms with Crippen molar-refractivity contribution in [1.82, 2.24) is 0 Å². The molecular formula is C13H16O. The average molecular weight is 188 g/mol. The van der Waals surface area contributed by atoms with Gasteiger partial charge in [0.25, 0.3) is 0 Å². The zero-order valence-corrected chi connectivity index (χ0v) is 8.79. The molecule has 1 heteroatoms. The summed E-state index contributed by atoms with van der Waals surface area (Å²) in [5.74, 6) is 1.01. The zero-order chi connectivity index (χ0) is 10.2. The van der Waals surface area contributed by atoms with Crippen LogP contribution in [-0.4, -0.2) is 5.78 Å². The van der Waals surface area contributed by atoms with Gasteiger partial charge in [-0.1, -0.05) is 37.3 Å². The van der Waals surface area contributed by atoms with Crippen molar-refractivity contribution in [2.24, 2.45) is 5.92 Å². The molecule has 0 radical (unpaired) electrons. The number of benzene rings is 1. The molecule has 1 fully saturated rings. The first kappa shape index (κ1) is 9.45. The van der Waals surface area contributed by atoms with Gasteiger partial charge in [0.1, 0.15) is 5.78 Å². The predicted molar refractivity (Wildman–Crippen MR) is 57.2 cm³/mol. The third kappa shape index (κ3) is 1.28. The van der Waals surface area contributed by atoms with E-state index in [4.69, 9.17) is 0 Å². The maximum atomic E-state index is 11.7. The molecule has 0 aliphatic heterocycles. The van der Waals surface area contributed by atoms with E-state index in [-0.39, 0.29) is 5.41 Å². The number of rotatable bonds is 2. The van der Waals surface area contributed by atoms with E-state index in [1.165, 1.54) is 5.56 Å². The topological polar surface area (TPSA) is 17.1 Å². The van der Waals surface area contributed by atoms with Gasteiger partial charge in [0, 0.05) is 0 Å². The van der Waals surface area contributed by atoms with Crippen LogP contribution >= 0.6 is 0 Å². The van der Waals surface area contributed by atoms with Crippen molar-refractivity contribution < 1.29 is 4.79 Å². The van der Waals surface area contributed by atoms with Gasteiger partial charge < -0.3 is 0 Å². The molecule has 1 aliphatic carbocycles. The standard InChI is InChI=1S/C13H16O/c1-10-8-13(9-10,11(2)14)12-6-4-3-5-7-12/h3-7,10H,8-9H2,1-2H3. The second-order valence-corrected chi connectivity index (χ2v) is 4.52. The Balaban J connectivity index is 2.34. The molecule has 1 aliphatic rings. The molecule has 1 aromatic rings. The van der Waals surface area contributed by atoms with Gasteiger partial charge in [-0.15, -0.1) is 0 Å². The minimum absolute atomic E-state index is 0.152. The van der Waals surface area contributed by atoms with E-state index >= 15 is 0 Å². The molecule has 0 amide bonds. The van der Waals surface area contributed by atoms with Crippen LogP contribution in [0.3, 0.4) is 0 Å². The molecule has 0 aromatic heterocycles. The Labute approximate surface area is 85.1 Å². The summed E-state index contributed by atoms with van der Waals surface area (Å²) in [7, 11) is 0. The number of hydrogen-bond acceptors (Lipinski definition) is 1. The van der Waals surface area contributed by atoms with Crippen molar-refractivity contribution in [3.05, 3.63) is 35.9 Å². The van der Waals surface area contributed by atoms with Crippen molar-refractivity contribution in [2.45, 2.75) is 32.1 Å². The first-order valence-corrected chi connectivity index (χ1v) is 5.22. The maximum absolute atomic E-state index is 11.7. The van der Waals surface area contributed by atoms with Gasteiger partial charge in [-0.05, 0) is 31.2 Å². The normalized spacial score (nSPS) is 30.9. The quantitative estimate of drug-likeness (QED) is 0.697. The summed E-state index contributed by atoms with van der Waals surface area (Å²) in [5.41, 5.74) is 1.05. The summed E-state index contributed by atoms with van der Waals surface area (Å²) in [6.07, 6.45) is 2.04. The van der Waals surface area contributed by atoms with Crippen molar-refractivity contribution in [1.29, 1.82) is 0 Å².